The summed E-state index contributed by atoms with van der Waals surface area (Å²) in [6.45, 7) is 0. The molecule has 1 aromatic heterocycles. The normalized spacial score (nSPS) is 18.8. The molecule has 2 aromatic rings. The highest BCUT2D eigenvalue weighted by molar-refractivity contribution is 6.35. The first-order valence-electron chi connectivity index (χ1n) is 6.86. The van der Waals surface area contributed by atoms with Crippen molar-refractivity contribution in [3.63, 3.8) is 0 Å². The van der Waals surface area contributed by atoms with Gasteiger partial charge in [0.1, 0.15) is 0 Å². The summed E-state index contributed by atoms with van der Waals surface area (Å²) in [5, 5.41) is 9.64. The Bertz CT molecular complexity index is 857. The molecular formula is C17H10Cl2N2O3. The van der Waals surface area contributed by atoms with E-state index < -0.39 is 11.5 Å². The number of aliphatic imine (C=N–C) groups is 1. The van der Waals surface area contributed by atoms with Gasteiger partial charge < -0.3 is 5.11 Å². The predicted molar refractivity (Wildman–Crippen MR) is 91.3 cm³/mol. The zero-order valence-corrected chi connectivity index (χ0v) is 13.6. The summed E-state index contributed by atoms with van der Waals surface area (Å²) >= 11 is 11.9. The van der Waals surface area contributed by atoms with Crippen LogP contribution in [0.3, 0.4) is 0 Å². The number of ketones is 1. The van der Waals surface area contributed by atoms with Crippen molar-refractivity contribution in [3.05, 3.63) is 75.5 Å². The van der Waals surface area contributed by atoms with Crippen LogP contribution in [0.4, 0.5) is 0 Å². The Morgan fingerprint density at radius 3 is 2.25 bits per heavy atom. The van der Waals surface area contributed by atoms with Gasteiger partial charge in [0.2, 0.25) is 5.78 Å². The van der Waals surface area contributed by atoms with E-state index in [0.717, 1.165) is 0 Å². The van der Waals surface area contributed by atoms with Gasteiger partial charge in [-0.25, -0.2) is 4.79 Å². The van der Waals surface area contributed by atoms with E-state index in [2.05, 4.69) is 9.98 Å². The first-order chi connectivity index (χ1) is 11.4. The molecule has 2 heterocycles. The highest BCUT2D eigenvalue weighted by atomic mass is 35.5. The van der Waals surface area contributed by atoms with E-state index in [9.17, 15) is 9.59 Å². The number of nitrogens with zero attached hydrogens (tertiary/aromatic N) is 2. The third-order valence-corrected chi connectivity index (χ3v) is 4.01. The lowest BCUT2D eigenvalue weighted by Gasteiger charge is -2.22. The van der Waals surface area contributed by atoms with Crippen molar-refractivity contribution in [2.24, 2.45) is 4.99 Å². The van der Waals surface area contributed by atoms with Gasteiger partial charge in [-0.1, -0.05) is 23.2 Å². The van der Waals surface area contributed by atoms with Crippen LogP contribution >= 0.6 is 23.2 Å². The Kier molecular flexibility index (Phi) is 4.22. The third-order valence-electron chi connectivity index (χ3n) is 3.57. The molecule has 0 bridgehead atoms. The molecule has 7 heteroatoms. The van der Waals surface area contributed by atoms with Gasteiger partial charge in [-0.3, -0.25) is 14.8 Å². The van der Waals surface area contributed by atoms with Crippen molar-refractivity contribution in [1.29, 1.82) is 0 Å². The Balaban J connectivity index is 2.09. The van der Waals surface area contributed by atoms with Crippen LogP contribution in [0.5, 0.6) is 0 Å². The predicted octanol–water partition coefficient (Wildman–Crippen LogP) is 3.81. The zero-order valence-electron chi connectivity index (χ0n) is 12.1. The maximum atomic E-state index is 13.1. The lowest BCUT2D eigenvalue weighted by Crippen LogP contribution is -2.32. The van der Waals surface area contributed by atoms with Gasteiger partial charge in [-0.2, -0.15) is 0 Å². The van der Waals surface area contributed by atoms with Crippen molar-refractivity contribution < 1.29 is 14.7 Å². The van der Waals surface area contributed by atoms with Crippen LogP contribution in [-0.2, 0) is 5.54 Å². The van der Waals surface area contributed by atoms with Crippen LogP contribution in [-0.4, -0.2) is 28.1 Å². The summed E-state index contributed by atoms with van der Waals surface area (Å²) in [6.07, 6.45) is 5.93. The molecule has 3 rings (SSSR count). The quantitative estimate of drug-likeness (QED) is 0.840. The van der Waals surface area contributed by atoms with Gasteiger partial charge in [0.15, 0.2) is 5.54 Å². The molecule has 24 heavy (non-hydrogen) atoms. The van der Waals surface area contributed by atoms with E-state index in [0.29, 0.717) is 21.3 Å². The van der Waals surface area contributed by atoms with Crippen LogP contribution in [0.1, 0.15) is 26.4 Å². The van der Waals surface area contributed by atoms with Crippen molar-refractivity contribution in [3.8, 4) is 0 Å². The molecule has 0 spiro atoms. The number of carboxylic acids is 1. The second-order valence-corrected chi connectivity index (χ2v) is 6.00. The molecule has 1 aliphatic rings. The Hall–Kier alpha value is -2.50. The van der Waals surface area contributed by atoms with Crippen LogP contribution < -0.4 is 0 Å². The van der Waals surface area contributed by atoms with Gasteiger partial charge in [0, 0.05) is 28.0 Å². The molecule has 0 saturated heterocycles. The number of halogens is 2. The summed E-state index contributed by atoms with van der Waals surface area (Å²) < 4.78 is 0. The average molecular weight is 361 g/mol. The Labute approximate surface area is 147 Å². The number of allylic oxidation sites excluding steroid dienone is 1. The summed E-state index contributed by atoms with van der Waals surface area (Å²) in [5.41, 5.74) is -0.720. The second kappa shape index (κ2) is 6.19. The van der Waals surface area contributed by atoms with Gasteiger partial charge in [-0.05, 0) is 42.5 Å². The number of rotatable bonds is 4. The molecule has 5 nitrogen and oxygen atoms in total. The molecule has 1 N–H and O–H groups in total. The average Bonchev–Trinajstić information content (AvgIpc) is 3.04. The molecule has 120 valence electrons. The number of carbonyl (C=O) groups excluding carboxylic acids is 1. The third kappa shape index (κ3) is 2.84. The minimum atomic E-state index is -1.36. The summed E-state index contributed by atoms with van der Waals surface area (Å²) in [7, 11) is 0. The van der Waals surface area contributed by atoms with Crippen molar-refractivity contribution in [2.45, 2.75) is 5.54 Å². The fourth-order valence-electron chi connectivity index (χ4n) is 2.44. The van der Waals surface area contributed by atoms with Crippen LogP contribution in [0, 0.1) is 0 Å². The maximum Gasteiger partial charge on any atom is 0.337 e. The fourth-order valence-corrected chi connectivity index (χ4v) is 2.96. The fraction of sp³-hybridized carbons (Fsp3) is 0.0588. The van der Waals surface area contributed by atoms with E-state index in [1.807, 2.05) is 0 Å². The van der Waals surface area contributed by atoms with E-state index >= 15 is 0 Å². The van der Waals surface area contributed by atoms with Gasteiger partial charge >= 0.3 is 5.97 Å². The molecule has 0 fully saturated rings. The molecule has 0 radical (unpaired) electrons. The van der Waals surface area contributed by atoms with Gasteiger partial charge in [0.05, 0.1) is 11.3 Å². The zero-order chi connectivity index (χ0) is 17.3. The topological polar surface area (TPSA) is 79.6 Å². The number of hydrogen-bond acceptors (Lipinski definition) is 4. The van der Waals surface area contributed by atoms with Crippen LogP contribution in [0.15, 0.2) is 53.7 Å². The summed E-state index contributed by atoms with van der Waals surface area (Å²) in [4.78, 5) is 32.4. The number of carbonyl (C=O) groups is 2. The van der Waals surface area contributed by atoms with Crippen molar-refractivity contribution in [1.82, 2.24) is 4.98 Å². The molecule has 1 atom stereocenters. The largest absolute Gasteiger partial charge is 0.478 e. The van der Waals surface area contributed by atoms with Gasteiger partial charge in [-0.15, -0.1) is 0 Å². The maximum absolute atomic E-state index is 13.1. The number of aromatic carboxylic acids is 1. The SMILES string of the molecule is O=C(O)c1ccc(C2(C(=O)c3cc(Cl)cc(Cl)c3)C=CC=N2)nc1. The number of carboxylic acid groups (broad SMARTS) is 1. The molecule has 0 aliphatic carbocycles. The molecule has 0 saturated carbocycles. The number of aromatic nitrogens is 1. The first kappa shape index (κ1) is 16.4. The molecule has 1 unspecified atom stereocenters. The molecule has 1 aliphatic heterocycles. The molecule has 1 aromatic carbocycles. The van der Waals surface area contributed by atoms with Crippen molar-refractivity contribution in [2.75, 3.05) is 0 Å². The second-order valence-electron chi connectivity index (χ2n) is 5.13. The highest BCUT2D eigenvalue weighted by Gasteiger charge is 2.40. The molecular weight excluding hydrogens is 351 g/mol. The number of benzene rings is 1. The number of hydrogen-bond donors (Lipinski definition) is 1. The lowest BCUT2D eigenvalue weighted by atomic mass is 9.86. The Morgan fingerprint density at radius 1 is 1.04 bits per heavy atom. The lowest BCUT2D eigenvalue weighted by molar-refractivity contribution is 0.0696. The summed E-state index contributed by atoms with van der Waals surface area (Å²) in [6, 6.07) is 7.39. The standard InChI is InChI=1S/C17H10Cl2N2O3/c18-12-6-11(7-13(19)8-12)15(22)17(4-1-5-21-17)14-3-2-10(9-20-14)16(23)24/h1-9H,(H,23,24). The van der Waals surface area contributed by atoms with E-state index in [1.54, 1.807) is 12.2 Å². The minimum Gasteiger partial charge on any atom is -0.478 e. The van der Waals surface area contributed by atoms with Crippen molar-refractivity contribution >= 4 is 41.2 Å². The van der Waals surface area contributed by atoms with Crippen LogP contribution in [0.25, 0.3) is 0 Å². The first-order valence-corrected chi connectivity index (χ1v) is 7.62. The monoisotopic (exact) mass is 360 g/mol. The van der Waals surface area contributed by atoms with E-state index in [4.69, 9.17) is 28.3 Å². The number of pyridine rings is 1. The summed E-state index contributed by atoms with van der Waals surface area (Å²) in [5.74, 6) is -1.45. The smallest absolute Gasteiger partial charge is 0.337 e. The number of Topliss-reactive ketones (excluding diaryl/α,β-unsaturated/α-hetero) is 1. The van der Waals surface area contributed by atoms with E-state index in [1.165, 1.54) is 42.7 Å². The van der Waals surface area contributed by atoms with Gasteiger partial charge in [0.25, 0.3) is 0 Å². The highest BCUT2D eigenvalue weighted by Crippen LogP contribution is 2.34. The van der Waals surface area contributed by atoms with Crippen LogP contribution in [0.2, 0.25) is 10.0 Å². The minimum absolute atomic E-state index is 0.0260. The molecule has 0 amide bonds. The van der Waals surface area contributed by atoms with E-state index in [-0.39, 0.29) is 11.3 Å². The Morgan fingerprint density at radius 2 is 1.75 bits per heavy atom.